The third kappa shape index (κ3) is 3.92. The minimum Gasteiger partial charge on any atom is -0.493 e. The number of benzene rings is 2. The molecule has 1 heterocycles. The number of nitro groups is 1. The maximum absolute atomic E-state index is 10.9. The zero-order chi connectivity index (χ0) is 17.8. The van der Waals surface area contributed by atoms with E-state index >= 15 is 0 Å². The van der Waals surface area contributed by atoms with Crippen LogP contribution in [0.5, 0.6) is 5.75 Å². The highest BCUT2D eigenvalue weighted by molar-refractivity contribution is 6.42. The molecule has 0 atom stereocenters. The minimum atomic E-state index is -0.526. The van der Waals surface area contributed by atoms with Gasteiger partial charge in [0.05, 0.1) is 27.3 Å². The van der Waals surface area contributed by atoms with Gasteiger partial charge in [-0.15, -0.1) is 0 Å². The molecule has 0 unspecified atom stereocenters. The van der Waals surface area contributed by atoms with E-state index < -0.39 is 4.92 Å². The SMILES string of the molecule is O=[N+]([O-])c1ccc(NCCCOc2ccc(Cl)c(Cl)c2)c2nonc12. The van der Waals surface area contributed by atoms with Crippen molar-refractivity contribution in [2.24, 2.45) is 0 Å². The summed E-state index contributed by atoms with van der Waals surface area (Å²) in [5.41, 5.74) is 0.891. The molecule has 0 amide bonds. The van der Waals surface area contributed by atoms with E-state index in [2.05, 4.69) is 20.3 Å². The first kappa shape index (κ1) is 17.2. The maximum Gasteiger partial charge on any atom is 0.300 e. The molecular formula is C15H12Cl2N4O4. The van der Waals surface area contributed by atoms with Gasteiger partial charge in [-0.1, -0.05) is 23.2 Å². The first-order valence-electron chi connectivity index (χ1n) is 7.27. The molecule has 0 fully saturated rings. The molecule has 0 saturated heterocycles. The first-order valence-corrected chi connectivity index (χ1v) is 8.03. The summed E-state index contributed by atoms with van der Waals surface area (Å²) in [6, 6.07) is 8.00. The molecule has 1 N–H and O–H groups in total. The number of ether oxygens (including phenoxy) is 1. The number of anilines is 1. The monoisotopic (exact) mass is 382 g/mol. The predicted octanol–water partition coefficient (Wildman–Crippen LogP) is 4.32. The van der Waals surface area contributed by atoms with E-state index in [-0.39, 0.29) is 11.2 Å². The summed E-state index contributed by atoms with van der Waals surface area (Å²) < 4.78 is 10.2. The fourth-order valence-corrected chi connectivity index (χ4v) is 2.48. The maximum atomic E-state index is 10.9. The Labute approximate surface area is 151 Å². The average Bonchev–Trinajstić information content (AvgIpc) is 3.07. The lowest BCUT2D eigenvalue weighted by Gasteiger charge is -2.09. The number of nitrogens with one attached hydrogen (secondary N) is 1. The molecule has 3 aromatic rings. The second-order valence-electron chi connectivity index (χ2n) is 5.06. The third-order valence-corrected chi connectivity index (χ3v) is 4.13. The number of aromatic nitrogens is 2. The number of halogens is 2. The summed E-state index contributed by atoms with van der Waals surface area (Å²) in [4.78, 5) is 10.4. The van der Waals surface area contributed by atoms with Crippen LogP contribution in [0, 0.1) is 10.1 Å². The van der Waals surface area contributed by atoms with E-state index in [4.69, 9.17) is 27.9 Å². The number of hydrogen-bond donors (Lipinski definition) is 1. The smallest absolute Gasteiger partial charge is 0.300 e. The number of nitro benzene ring substituents is 1. The van der Waals surface area contributed by atoms with Gasteiger partial charge < -0.3 is 10.1 Å². The van der Waals surface area contributed by atoms with Crippen molar-refractivity contribution in [3.8, 4) is 5.75 Å². The molecule has 0 aliphatic heterocycles. The third-order valence-electron chi connectivity index (χ3n) is 3.39. The Balaban J connectivity index is 1.55. The molecule has 10 heteroatoms. The van der Waals surface area contributed by atoms with E-state index in [0.29, 0.717) is 46.6 Å². The van der Waals surface area contributed by atoms with Crippen molar-refractivity contribution in [3.63, 3.8) is 0 Å². The summed E-state index contributed by atoms with van der Waals surface area (Å²) in [5.74, 6) is 0.632. The zero-order valence-electron chi connectivity index (χ0n) is 12.7. The number of fused-ring (bicyclic) bond motifs is 1. The highest BCUT2D eigenvalue weighted by Gasteiger charge is 2.19. The molecule has 2 aromatic carbocycles. The van der Waals surface area contributed by atoms with Crippen LogP contribution in [0.1, 0.15) is 6.42 Å². The van der Waals surface area contributed by atoms with Crippen LogP contribution in [0.3, 0.4) is 0 Å². The van der Waals surface area contributed by atoms with Gasteiger partial charge in [-0.05, 0) is 34.9 Å². The highest BCUT2D eigenvalue weighted by atomic mass is 35.5. The fraction of sp³-hybridized carbons (Fsp3) is 0.200. The lowest BCUT2D eigenvalue weighted by molar-refractivity contribution is -0.383. The molecule has 25 heavy (non-hydrogen) atoms. The van der Waals surface area contributed by atoms with Crippen molar-refractivity contribution in [3.05, 3.63) is 50.5 Å². The summed E-state index contributed by atoms with van der Waals surface area (Å²) in [5, 5.41) is 22.3. The number of non-ortho nitro benzene ring substituents is 1. The van der Waals surface area contributed by atoms with Crippen molar-refractivity contribution in [1.82, 2.24) is 10.3 Å². The van der Waals surface area contributed by atoms with Gasteiger partial charge in [-0.2, -0.15) is 0 Å². The minimum absolute atomic E-state index is 0.113. The zero-order valence-corrected chi connectivity index (χ0v) is 14.3. The lowest BCUT2D eigenvalue weighted by Crippen LogP contribution is -2.07. The Morgan fingerprint density at radius 3 is 2.72 bits per heavy atom. The van der Waals surface area contributed by atoms with Gasteiger partial charge in [-0.25, -0.2) is 4.63 Å². The van der Waals surface area contributed by atoms with Crippen molar-refractivity contribution >= 4 is 45.6 Å². The summed E-state index contributed by atoms with van der Waals surface area (Å²) >= 11 is 11.8. The normalized spacial score (nSPS) is 10.8. The van der Waals surface area contributed by atoms with Crippen molar-refractivity contribution < 1.29 is 14.3 Å². The lowest BCUT2D eigenvalue weighted by atomic mass is 10.2. The van der Waals surface area contributed by atoms with Crippen molar-refractivity contribution in [2.45, 2.75) is 6.42 Å². The molecule has 8 nitrogen and oxygen atoms in total. The molecule has 0 aliphatic carbocycles. The molecule has 3 rings (SSSR count). The Morgan fingerprint density at radius 2 is 1.96 bits per heavy atom. The molecule has 0 radical (unpaired) electrons. The molecule has 0 bridgehead atoms. The Hall–Kier alpha value is -2.58. The van der Waals surface area contributed by atoms with Gasteiger partial charge in [-0.3, -0.25) is 10.1 Å². The molecule has 0 spiro atoms. The Morgan fingerprint density at radius 1 is 1.16 bits per heavy atom. The second-order valence-corrected chi connectivity index (χ2v) is 5.87. The largest absolute Gasteiger partial charge is 0.493 e. The molecule has 0 saturated carbocycles. The van der Waals surface area contributed by atoms with E-state index in [1.54, 1.807) is 24.3 Å². The predicted molar refractivity (Wildman–Crippen MR) is 93.5 cm³/mol. The molecule has 1 aromatic heterocycles. The van der Waals surface area contributed by atoms with Gasteiger partial charge in [0.15, 0.2) is 5.52 Å². The van der Waals surface area contributed by atoms with E-state index in [9.17, 15) is 10.1 Å². The molecule has 130 valence electrons. The van der Waals surface area contributed by atoms with Gasteiger partial charge in [0, 0.05) is 18.7 Å². The van der Waals surface area contributed by atoms with Gasteiger partial charge in [0.2, 0.25) is 5.52 Å². The van der Waals surface area contributed by atoms with Gasteiger partial charge in [0.25, 0.3) is 0 Å². The van der Waals surface area contributed by atoms with E-state index in [1.807, 2.05) is 0 Å². The molecular weight excluding hydrogens is 371 g/mol. The number of hydrogen-bond acceptors (Lipinski definition) is 7. The Kier molecular flexibility index (Phi) is 5.20. The first-order chi connectivity index (χ1) is 12.1. The second kappa shape index (κ2) is 7.54. The highest BCUT2D eigenvalue weighted by Crippen LogP contribution is 2.29. The number of rotatable bonds is 7. The summed E-state index contributed by atoms with van der Waals surface area (Å²) in [7, 11) is 0. The van der Waals surface area contributed by atoms with Gasteiger partial charge in [0.1, 0.15) is 5.75 Å². The average molecular weight is 383 g/mol. The van der Waals surface area contributed by atoms with Crippen molar-refractivity contribution in [1.29, 1.82) is 0 Å². The van der Waals surface area contributed by atoms with Crippen LogP contribution in [-0.4, -0.2) is 28.4 Å². The van der Waals surface area contributed by atoms with Crippen molar-refractivity contribution in [2.75, 3.05) is 18.5 Å². The van der Waals surface area contributed by atoms with E-state index in [0.717, 1.165) is 0 Å². The quantitative estimate of drug-likeness (QED) is 0.368. The van der Waals surface area contributed by atoms with Crippen LogP contribution in [0.4, 0.5) is 11.4 Å². The van der Waals surface area contributed by atoms with Crippen LogP contribution < -0.4 is 10.1 Å². The van der Waals surface area contributed by atoms with Crippen LogP contribution in [0.25, 0.3) is 11.0 Å². The summed E-state index contributed by atoms with van der Waals surface area (Å²) in [6.07, 6.45) is 0.685. The van der Waals surface area contributed by atoms with Gasteiger partial charge >= 0.3 is 5.69 Å². The van der Waals surface area contributed by atoms with Crippen LogP contribution in [-0.2, 0) is 0 Å². The van der Waals surface area contributed by atoms with E-state index in [1.165, 1.54) is 6.07 Å². The van der Waals surface area contributed by atoms with Crippen LogP contribution in [0.2, 0.25) is 10.0 Å². The summed E-state index contributed by atoms with van der Waals surface area (Å²) in [6.45, 7) is 1.03. The van der Waals surface area contributed by atoms with Crippen LogP contribution >= 0.6 is 23.2 Å². The fourth-order valence-electron chi connectivity index (χ4n) is 2.20. The van der Waals surface area contributed by atoms with Crippen LogP contribution in [0.15, 0.2) is 35.0 Å². The molecule has 0 aliphatic rings. The standard InChI is InChI=1S/C15H12Cl2N4O4/c16-10-3-2-9(8-11(10)17)24-7-1-6-18-12-4-5-13(21(22)23)15-14(12)19-25-20-15/h2-5,8,18H,1,6-7H2. The topological polar surface area (TPSA) is 103 Å². The Bertz CT molecular complexity index is 916. The number of nitrogens with zero attached hydrogens (tertiary/aromatic N) is 3.